The second-order valence-corrected chi connectivity index (χ2v) is 4.86. The van der Waals surface area contributed by atoms with E-state index in [4.69, 9.17) is 5.73 Å². The summed E-state index contributed by atoms with van der Waals surface area (Å²) < 4.78 is 2.18. The van der Waals surface area contributed by atoms with Gasteiger partial charge in [0, 0.05) is 11.6 Å². The molecule has 1 heterocycles. The summed E-state index contributed by atoms with van der Waals surface area (Å²) in [6, 6.07) is 8.93. The van der Waals surface area contributed by atoms with Gasteiger partial charge in [-0.3, -0.25) is 0 Å². The highest BCUT2D eigenvalue weighted by atomic mass is 15.2. The van der Waals surface area contributed by atoms with Crippen LogP contribution in [0.25, 0.3) is 11.3 Å². The predicted octanol–water partition coefficient (Wildman–Crippen LogP) is 3.08. The highest BCUT2D eigenvalue weighted by Gasteiger charge is 2.28. The molecule has 0 unspecified atom stereocenters. The minimum absolute atomic E-state index is 0.584. The number of aromatic nitrogens is 2. The molecule has 1 aromatic carbocycles. The van der Waals surface area contributed by atoms with Crippen molar-refractivity contribution in [3.8, 4) is 11.3 Å². The van der Waals surface area contributed by atoms with Crippen molar-refractivity contribution >= 4 is 5.82 Å². The summed E-state index contributed by atoms with van der Waals surface area (Å²) in [7, 11) is 0. The van der Waals surface area contributed by atoms with E-state index >= 15 is 0 Å². The van der Waals surface area contributed by atoms with Gasteiger partial charge in [-0.2, -0.15) is 0 Å². The van der Waals surface area contributed by atoms with Gasteiger partial charge >= 0.3 is 0 Å². The fourth-order valence-corrected chi connectivity index (χ4v) is 2.36. The van der Waals surface area contributed by atoms with E-state index in [2.05, 4.69) is 40.7 Å². The maximum absolute atomic E-state index is 6.23. The van der Waals surface area contributed by atoms with Gasteiger partial charge in [-0.1, -0.05) is 23.8 Å². The molecule has 88 valence electrons. The number of nitrogens with two attached hydrogens (primary N) is 1. The summed E-state index contributed by atoms with van der Waals surface area (Å²) in [5, 5.41) is 0. The molecule has 0 radical (unpaired) electrons. The third-order valence-electron chi connectivity index (χ3n) is 3.33. The number of rotatable bonds is 2. The van der Waals surface area contributed by atoms with Crippen molar-refractivity contribution in [1.29, 1.82) is 0 Å². The molecule has 0 spiro atoms. The van der Waals surface area contributed by atoms with Crippen LogP contribution in [0.4, 0.5) is 5.82 Å². The number of anilines is 1. The number of benzene rings is 1. The molecule has 0 aliphatic heterocycles. The Hall–Kier alpha value is -1.77. The van der Waals surface area contributed by atoms with Crippen LogP contribution in [0.2, 0.25) is 0 Å². The Bertz CT molecular complexity index is 565. The molecule has 0 bridgehead atoms. The van der Waals surface area contributed by atoms with Gasteiger partial charge in [0.1, 0.15) is 17.3 Å². The lowest BCUT2D eigenvalue weighted by Crippen LogP contribution is -2.02. The number of nitrogens with zero attached hydrogens (tertiary/aromatic N) is 2. The zero-order valence-electron chi connectivity index (χ0n) is 10.3. The molecular formula is C14H17N3. The van der Waals surface area contributed by atoms with Crippen LogP contribution in [0.15, 0.2) is 24.3 Å². The second-order valence-electron chi connectivity index (χ2n) is 4.86. The van der Waals surface area contributed by atoms with E-state index in [0.717, 1.165) is 22.9 Å². The smallest absolute Gasteiger partial charge is 0.131 e. The van der Waals surface area contributed by atoms with Gasteiger partial charge in [0.15, 0.2) is 0 Å². The molecule has 0 amide bonds. The van der Waals surface area contributed by atoms with Gasteiger partial charge in [-0.25, -0.2) is 4.98 Å². The Morgan fingerprint density at radius 2 is 2.06 bits per heavy atom. The number of hydrogen-bond acceptors (Lipinski definition) is 2. The topological polar surface area (TPSA) is 43.8 Å². The van der Waals surface area contributed by atoms with Crippen LogP contribution in [0, 0.1) is 13.8 Å². The summed E-state index contributed by atoms with van der Waals surface area (Å²) in [5.74, 6) is 1.84. The summed E-state index contributed by atoms with van der Waals surface area (Å²) in [5.41, 5.74) is 9.51. The van der Waals surface area contributed by atoms with Crippen LogP contribution < -0.4 is 5.73 Å². The van der Waals surface area contributed by atoms with E-state index < -0.39 is 0 Å². The van der Waals surface area contributed by atoms with Gasteiger partial charge in [0.2, 0.25) is 0 Å². The van der Waals surface area contributed by atoms with Crippen LogP contribution >= 0.6 is 0 Å². The van der Waals surface area contributed by atoms with Crippen LogP contribution in [0.3, 0.4) is 0 Å². The quantitative estimate of drug-likeness (QED) is 0.856. The average molecular weight is 227 g/mol. The first kappa shape index (κ1) is 10.4. The van der Waals surface area contributed by atoms with Gasteiger partial charge in [-0.05, 0) is 32.8 Å². The lowest BCUT2D eigenvalue weighted by Gasteiger charge is -2.05. The largest absolute Gasteiger partial charge is 0.383 e. The van der Waals surface area contributed by atoms with Gasteiger partial charge in [0.25, 0.3) is 0 Å². The summed E-state index contributed by atoms with van der Waals surface area (Å²) in [4.78, 5) is 4.62. The molecule has 2 N–H and O–H groups in total. The van der Waals surface area contributed by atoms with Crippen molar-refractivity contribution < 1.29 is 0 Å². The van der Waals surface area contributed by atoms with Crippen molar-refractivity contribution in [3.63, 3.8) is 0 Å². The minimum atomic E-state index is 0.584. The van der Waals surface area contributed by atoms with Crippen LogP contribution in [0.5, 0.6) is 0 Å². The summed E-state index contributed by atoms with van der Waals surface area (Å²) >= 11 is 0. The highest BCUT2D eigenvalue weighted by Crippen LogP contribution is 2.40. The molecule has 1 aromatic heterocycles. The van der Waals surface area contributed by atoms with Crippen LogP contribution in [-0.2, 0) is 0 Å². The average Bonchev–Trinajstić information content (AvgIpc) is 3.06. The maximum Gasteiger partial charge on any atom is 0.131 e. The normalized spacial score (nSPS) is 15.2. The summed E-state index contributed by atoms with van der Waals surface area (Å²) in [6.07, 6.45) is 2.46. The van der Waals surface area contributed by atoms with Gasteiger partial charge < -0.3 is 10.3 Å². The number of nitrogen functional groups attached to an aromatic ring is 1. The lowest BCUT2D eigenvalue weighted by atomic mass is 10.1. The standard InChI is InChI=1S/C14H17N3/c1-9-4-3-5-11(8-9)13-14(15)17(10(2)16-13)12-6-7-12/h3-5,8,12H,6-7,15H2,1-2H3. The van der Waals surface area contributed by atoms with Gasteiger partial charge in [-0.15, -0.1) is 0 Å². The van der Waals surface area contributed by atoms with E-state index in [-0.39, 0.29) is 0 Å². The van der Waals surface area contributed by atoms with Crippen molar-refractivity contribution in [2.75, 3.05) is 5.73 Å². The van der Waals surface area contributed by atoms with Crippen molar-refractivity contribution in [2.45, 2.75) is 32.7 Å². The van der Waals surface area contributed by atoms with E-state index in [9.17, 15) is 0 Å². The van der Waals surface area contributed by atoms with Crippen LogP contribution in [0.1, 0.15) is 30.3 Å². The summed E-state index contributed by atoms with van der Waals surface area (Å²) in [6.45, 7) is 4.12. The third-order valence-corrected chi connectivity index (χ3v) is 3.33. The second kappa shape index (κ2) is 3.62. The molecule has 3 heteroatoms. The van der Waals surface area contributed by atoms with Crippen molar-refractivity contribution in [3.05, 3.63) is 35.7 Å². The van der Waals surface area contributed by atoms with E-state index in [1.807, 2.05) is 6.92 Å². The zero-order valence-corrected chi connectivity index (χ0v) is 10.3. The fourth-order valence-electron chi connectivity index (χ4n) is 2.36. The molecular weight excluding hydrogens is 210 g/mol. The lowest BCUT2D eigenvalue weighted by molar-refractivity contribution is 0.720. The molecule has 0 saturated heterocycles. The number of aryl methyl sites for hydroxylation is 2. The Kier molecular flexibility index (Phi) is 2.21. The van der Waals surface area contributed by atoms with E-state index in [0.29, 0.717) is 6.04 Å². The molecule has 1 aliphatic rings. The monoisotopic (exact) mass is 227 g/mol. The van der Waals surface area contributed by atoms with Crippen molar-refractivity contribution in [1.82, 2.24) is 9.55 Å². The Balaban J connectivity index is 2.12. The molecule has 1 aliphatic carbocycles. The fraction of sp³-hybridized carbons (Fsp3) is 0.357. The maximum atomic E-state index is 6.23. The Labute approximate surface area is 101 Å². The van der Waals surface area contributed by atoms with Crippen LogP contribution in [-0.4, -0.2) is 9.55 Å². The molecule has 3 rings (SSSR count). The minimum Gasteiger partial charge on any atom is -0.383 e. The SMILES string of the molecule is Cc1cccc(-c2nc(C)n(C3CC3)c2N)c1. The van der Waals surface area contributed by atoms with Gasteiger partial charge in [0.05, 0.1) is 0 Å². The Morgan fingerprint density at radius 3 is 2.71 bits per heavy atom. The molecule has 3 nitrogen and oxygen atoms in total. The first-order valence-electron chi connectivity index (χ1n) is 6.08. The molecule has 2 aromatic rings. The molecule has 1 fully saturated rings. The van der Waals surface area contributed by atoms with E-state index in [1.54, 1.807) is 0 Å². The predicted molar refractivity (Wildman–Crippen MR) is 69.8 cm³/mol. The van der Waals surface area contributed by atoms with Crippen molar-refractivity contribution in [2.24, 2.45) is 0 Å². The third kappa shape index (κ3) is 1.71. The first-order valence-corrected chi connectivity index (χ1v) is 6.08. The van der Waals surface area contributed by atoms with E-state index in [1.165, 1.54) is 18.4 Å². The number of hydrogen-bond donors (Lipinski definition) is 1. The molecule has 17 heavy (non-hydrogen) atoms. The molecule has 1 saturated carbocycles. The molecule has 0 atom stereocenters. The first-order chi connectivity index (χ1) is 8.16. The Morgan fingerprint density at radius 1 is 1.29 bits per heavy atom. The highest BCUT2D eigenvalue weighted by molar-refractivity contribution is 5.71. The zero-order chi connectivity index (χ0) is 12.0. The number of imidazole rings is 1.